The van der Waals surface area contributed by atoms with E-state index in [0.29, 0.717) is 24.7 Å². The van der Waals surface area contributed by atoms with Crippen LogP contribution in [-0.4, -0.2) is 34.7 Å². The number of benzene rings is 2. The maximum absolute atomic E-state index is 10.6. The van der Waals surface area contributed by atoms with Gasteiger partial charge in [0.05, 0.1) is 15.7 Å². The van der Waals surface area contributed by atoms with Crippen molar-refractivity contribution >= 4 is 58.2 Å². The van der Waals surface area contributed by atoms with E-state index >= 15 is 0 Å². The number of aromatic hydroxyl groups is 2. The molecule has 0 aromatic heterocycles. The fourth-order valence-electron chi connectivity index (χ4n) is 3.81. The van der Waals surface area contributed by atoms with E-state index < -0.39 is 0 Å². The van der Waals surface area contributed by atoms with Gasteiger partial charge < -0.3 is 10.2 Å². The van der Waals surface area contributed by atoms with Crippen molar-refractivity contribution < 1.29 is 10.2 Å². The van der Waals surface area contributed by atoms with E-state index in [9.17, 15) is 10.2 Å². The van der Waals surface area contributed by atoms with E-state index in [0.717, 1.165) is 50.5 Å². The van der Waals surface area contributed by atoms with Gasteiger partial charge in [0.2, 0.25) is 0 Å². The summed E-state index contributed by atoms with van der Waals surface area (Å²) in [5, 5.41) is 22.1. The zero-order valence-electron chi connectivity index (χ0n) is 17.5. The van der Waals surface area contributed by atoms with Crippen molar-refractivity contribution in [2.75, 3.05) is 0 Å². The third-order valence-corrected chi connectivity index (χ3v) is 6.80. The van der Waals surface area contributed by atoms with Crippen molar-refractivity contribution in [2.24, 2.45) is 9.98 Å². The number of unbranched alkanes of at least 4 members (excludes halogenated alkanes) is 1. The van der Waals surface area contributed by atoms with E-state index in [4.69, 9.17) is 33.2 Å². The Morgan fingerprint density at radius 3 is 2.06 bits per heavy atom. The Hall–Kier alpha value is -1.31. The van der Waals surface area contributed by atoms with Crippen molar-refractivity contribution in [3.63, 3.8) is 0 Å². The van der Waals surface area contributed by atoms with Gasteiger partial charge >= 0.3 is 0 Å². The summed E-state index contributed by atoms with van der Waals surface area (Å²) in [5.41, 5.74) is 2.12. The number of phenolic OH excluding ortho intramolecular Hbond substituents is 2. The number of aryl methyl sites for hydroxylation is 1. The smallest absolute Gasteiger partial charge is 0.137 e. The van der Waals surface area contributed by atoms with Crippen LogP contribution >= 0.6 is 45.8 Å². The molecule has 0 radical (unpaired) electrons. The van der Waals surface area contributed by atoms with Crippen molar-refractivity contribution in [3.8, 4) is 11.5 Å². The van der Waals surface area contributed by atoms with E-state index in [1.165, 1.54) is 0 Å². The van der Waals surface area contributed by atoms with Crippen molar-refractivity contribution in [2.45, 2.75) is 64.0 Å². The van der Waals surface area contributed by atoms with Gasteiger partial charge in [0.15, 0.2) is 0 Å². The molecule has 1 fully saturated rings. The predicted octanol–water partition coefficient (Wildman–Crippen LogP) is 7.20. The van der Waals surface area contributed by atoms with E-state index in [1.54, 1.807) is 30.6 Å². The lowest BCUT2D eigenvalue weighted by Crippen LogP contribution is -2.27. The summed E-state index contributed by atoms with van der Waals surface area (Å²) in [6.45, 7) is 2.12. The first-order valence-electron chi connectivity index (χ1n) is 10.6. The van der Waals surface area contributed by atoms with Crippen LogP contribution in [-0.2, 0) is 6.42 Å². The molecule has 0 aliphatic heterocycles. The van der Waals surface area contributed by atoms with Crippen LogP contribution in [0.1, 0.15) is 62.1 Å². The largest absolute Gasteiger partial charge is 0.507 e. The zero-order valence-corrected chi connectivity index (χ0v) is 21.2. The molecule has 1 aliphatic carbocycles. The van der Waals surface area contributed by atoms with Crippen LogP contribution in [0.25, 0.3) is 0 Å². The van der Waals surface area contributed by atoms with E-state index in [-0.39, 0.29) is 23.6 Å². The summed E-state index contributed by atoms with van der Waals surface area (Å²) in [7, 11) is 0. The molecule has 0 amide bonds. The molecule has 0 spiro atoms. The molecule has 2 aromatic carbocycles. The van der Waals surface area contributed by atoms with Gasteiger partial charge in [-0.25, -0.2) is 0 Å². The standard InChI is InChI=1S/C24H27Cl2IN2O2/c1-2-3-6-15-9-18(25)10-16(23(15)30)13-28-21-7-4-5-8-22(21)29-14-17-11-19(26)12-20(27)24(17)31/h9-14,21-22,30-31H,2-8H2,1H3/t21-,22-/m1/s1. The average molecular weight is 573 g/mol. The van der Waals surface area contributed by atoms with Gasteiger partial charge in [-0.1, -0.05) is 49.4 Å². The Balaban J connectivity index is 1.80. The summed E-state index contributed by atoms with van der Waals surface area (Å²) >= 11 is 14.5. The highest BCUT2D eigenvalue weighted by atomic mass is 127. The van der Waals surface area contributed by atoms with Gasteiger partial charge in [0.1, 0.15) is 11.5 Å². The Kier molecular flexibility index (Phi) is 9.05. The fourth-order valence-corrected chi connectivity index (χ4v) is 5.12. The number of phenols is 2. The second-order valence-corrected chi connectivity index (χ2v) is 9.94. The molecule has 2 N–H and O–H groups in total. The summed E-state index contributed by atoms with van der Waals surface area (Å²) in [4.78, 5) is 9.52. The normalized spacial score (nSPS) is 19.5. The van der Waals surface area contributed by atoms with E-state index in [1.807, 2.05) is 6.07 Å². The van der Waals surface area contributed by atoms with Gasteiger partial charge in [0, 0.05) is 33.6 Å². The Morgan fingerprint density at radius 1 is 0.935 bits per heavy atom. The number of hydrogen-bond acceptors (Lipinski definition) is 4. The third-order valence-electron chi connectivity index (χ3n) is 5.54. The van der Waals surface area contributed by atoms with Gasteiger partial charge in [-0.2, -0.15) is 0 Å². The number of aliphatic imine (C=N–C) groups is 2. The minimum atomic E-state index is 0.0157. The molecular formula is C24H27Cl2IN2O2. The maximum Gasteiger partial charge on any atom is 0.137 e. The summed E-state index contributed by atoms with van der Waals surface area (Å²) < 4.78 is 0.695. The molecule has 1 saturated carbocycles. The first kappa shape index (κ1) is 24.3. The number of halogens is 3. The number of hydrogen-bond donors (Lipinski definition) is 2. The first-order valence-corrected chi connectivity index (χ1v) is 12.5. The van der Waals surface area contributed by atoms with Crippen molar-refractivity contribution in [1.29, 1.82) is 0 Å². The van der Waals surface area contributed by atoms with Crippen LogP contribution < -0.4 is 0 Å². The molecule has 166 valence electrons. The number of rotatable bonds is 7. The molecule has 31 heavy (non-hydrogen) atoms. The molecule has 2 atom stereocenters. The SMILES string of the molecule is CCCCc1cc(Cl)cc(C=N[C@@H]2CCCC[C@H]2N=Cc2cc(Cl)cc(I)c2O)c1O. The zero-order chi connectivity index (χ0) is 22.4. The second-order valence-electron chi connectivity index (χ2n) is 7.91. The molecule has 2 aromatic rings. The minimum Gasteiger partial charge on any atom is -0.507 e. The maximum atomic E-state index is 10.6. The van der Waals surface area contributed by atoms with Gasteiger partial charge in [-0.05, 0) is 78.1 Å². The second kappa shape index (κ2) is 11.5. The van der Waals surface area contributed by atoms with Crippen LogP contribution in [0.3, 0.4) is 0 Å². The van der Waals surface area contributed by atoms with Gasteiger partial charge in [0.25, 0.3) is 0 Å². The first-order chi connectivity index (χ1) is 14.9. The van der Waals surface area contributed by atoms with E-state index in [2.05, 4.69) is 29.5 Å². The molecule has 0 bridgehead atoms. The molecule has 0 heterocycles. The highest BCUT2D eigenvalue weighted by molar-refractivity contribution is 14.1. The van der Waals surface area contributed by atoms with Crippen LogP contribution in [0.2, 0.25) is 10.0 Å². The number of nitrogens with zero attached hydrogens (tertiary/aromatic N) is 2. The van der Waals surface area contributed by atoms with Crippen LogP contribution in [0.4, 0.5) is 0 Å². The monoisotopic (exact) mass is 572 g/mol. The van der Waals surface area contributed by atoms with Gasteiger partial charge in [-0.15, -0.1) is 0 Å². The van der Waals surface area contributed by atoms with Crippen LogP contribution in [0.15, 0.2) is 34.3 Å². The minimum absolute atomic E-state index is 0.0157. The molecule has 4 nitrogen and oxygen atoms in total. The molecule has 0 saturated heterocycles. The highest BCUT2D eigenvalue weighted by Gasteiger charge is 2.23. The topological polar surface area (TPSA) is 65.2 Å². The predicted molar refractivity (Wildman–Crippen MR) is 139 cm³/mol. The summed E-state index contributed by atoms with van der Waals surface area (Å²) in [6.07, 6.45) is 10.3. The third kappa shape index (κ3) is 6.59. The molecule has 7 heteroatoms. The fraction of sp³-hybridized carbons (Fsp3) is 0.417. The van der Waals surface area contributed by atoms with Crippen molar-refractivity contribution in [1.82, 2.24) is 0 Å². The molecule has 3 rings (SSSR count). The summed E-state index contributed by atoms with van der Waals surface area (Å²) in [5.74, 6) is 0.448. The van der Waals surface area contributed by atoms with Crippen LogP contribution in [0.5, 0.6) is 11.5 Å². The highest BCUT2D eigenvalue weighted by Crippen LogP contribution is 2.30. The molecule has 0 unspecified atom stereocenters. The van der Waals surface area contributed by atoms with Crippen molar-refractivity contribution in [3.05, 3.63) is 54.6 Å². The summed E-state index contributed by atoms with van der Waals surface area (Å²) in [6, 6.07) is 7.05. The Bertz CT molecular complexity index is 979. The van der Waals surface area contributed by atoms with Gasteiger partial charge in [-0.3, -0.25) is 9.98 Å². The molecular weight excluding hydrogens is 546 g/mol. The Labute approximate surface area is 207 Å². The lowest BCUT2D eigenvalue weighted by molar-refractivity contribution is 0.390. The quantitative estimate of drug-likeness (QED) is 0.272. The average Bonchev–Trinajstić information content (AvgIpc) is 2.75. The lowest BCUT2D eigenvalue weighted by atomic mass is 9.91. The molecule has 1 aliphatic rings. The lowest BCUT2D eigenvalue weighted by Gasteiger charge is -2.25. The Morgan fingerprint density at radius 2 is 1.48 bits per heavy atom. The van der Waals surface area contributed by atoms with Crippen LogP contribution in [0, 0.1) is 3.57 Å².